The number of nitro benzene ring substituents is 2. The van der Waals surface area contributed by atoms with Crippen LogP contribution in [0, 0.1) is 20.2 Å². The van der Waals surface area contributed by atoms with Gasteiger partial charge in [-0.1, -0.05) is 0 Å². The number of methoxy groups -OCH3 is 1. The van der Waals surface area contributed by atoms with Crippen LogP contribution in [0.25, 0.3) is 21.8 Å². The number of hydrogen-bond acceptors (Lipinski definition) is 9. The van der Waals surface area contributed by atoms with Gasteiger partial charge >= 0.3 is 11.9 Å². The first kappa shape index (κ1) is 20.8. The van der Waals surface area contributed by atoms with Crippen molar-refractivity contribution in [1.29, 1.82) is 0 Å². The summed E-state index contributed by atoms with van der Waals surface area (Å²) in [4.78, 5) is 41.9. The lowest BCUT2D eigenvalue weighted by Crippen LogP contribution is -2.02. The third-order valence-electron chi connectivity index (χ3n) is 4.10. The molecule has 4 rings (SSSR count). The van der Waals surface area contributed by atoms with Crippen molar-refractivity contribution in [2.45, 2.75) is 0 Å². The Hall–Kier alpha value is -4.88. The molecule has 158 valence electrons. The Labute approximate surface area is 170 Å². The molecule has 2 heterocycles. The fraction of sp³-hybridized carbons (Fsp3) is 0.0588. The Morgan fingerprint density at radius 3 is 1.77 bits per heavy atom. The molecular weight excluding hydrogens is 416 g/mol. The minimum atomic E-state index is -1.22. The van der Waals surface area contributed by atoms with Crippen LogP contribution in [-0.4, -0.2) is 54.4 Å². The van der Waals surface area contributed by atoms with Crippen LogP contribution in [0.3, 0.4) is 0 Å². The minimum absolute atomic E-state index is 0.0428. The highest BCUT2D eigenvalue weighted by atomic mass is 16.6. The minimum Gasteiger partial charge on any atom is -0.476 e. The molecule has 14 heteroatoms. The van der Waals surface area contributed by atoms with Crippen LogP contribution >= 0.6 is 0 Å². The Morgan fingerprint density at radius 1 is 0.903 bits per heavy atom. The van der Waals surface area contributed by atoms with Crippen molar-refractivity contribution in [3.8, 4) is 0 Å². The number of aromatic amines is 2. The van der Waals surface area contributed by atoms with Crippen molar-refractivity contribution in [3.63, 3.8) is 0 Å². The van der Waals surface area contributed by atoms with E-state index in [1.165, 1.54) is 43.5 Å². The van der Waals surface area contributed by atoms with Gasteiger partial charge in [-0.2, -0.15) is 10.2 Å². The maximum Gasteiger partial charge on any atom is 0.359 e. The SMILES string of the molecule is COC(=O)c1n[nH]c2ccc([N+](=O)[O-])cc12.O=C(O)c1n[nH]c2ccc([N+](=O)[O-])cc12. The Kier molecular flexibility index (Phi) is 5.54. The standard InChI is InChI=1S/C9H7N3O4.C8H5N3O4/c1-16-9(13)8-6-4-5(12(14)15)2-3-7(6)10-11-8;12-8(13)7-5-3-4(11(14)15)1-2-6(5)9-10-7/h2-4H,1H3,(H,10,11);1-3H,(H,9,10)(H,12,13). The highest BCUT2D eigenvalue weighted by Crippen LogP contribution is 2.23. The molecule has 0 fully saturated rings. The van der Waals surface area contributed by atoms with E-state index < -0.39 is 21.8 Å². The van der Waals surface area contributed by atoms with Gasteiger partial charge in [0.25, 0.3) is 11.4 Å². The summed E-state index contributed by atoms with van der Waals surface area (Å²) in [5.74, 6) is -1.85. The number of nitro groups is 2. The van der Waals surface area contributed by atoms with E-state index in [1.54, 1.807) is 0 Å². The number of non-ortho nitro benzene ring substituents is 2. The van der Waals surface area contributed by atoms with Gasteiger partial charge in [0.15, 0.2) is 11.4 Å². The number of fused-ring (bicyclic) bond motifs is 2. The lowest BCUT2D eigenvalue weighted by atomic mass is 10.2. The molecule has 0 amide bonds. The predicted octanol–water partition coefficient (Wildman–Crippen LogP) is 2.43. The second kappa shape index (κ2) is 8.24. The van der Waals surface area contributed by atoms with Crippen LogP contribution in [0.1, 0.15) is 21.0 Å². The third kappa shape index (κ3) is 4.12. The molecule has 0 radical (unpaired) electrons. The summed E-state index contributed by atoms with van der Waals surface area (Å²) < 4.78 is 4.51. The first-order chi connectivity index (χ1) is 14.7. The molecule has 0 atom stereocenters. The monoisotopic (exact) mass is 428 g/mol. The fourth-order valence-corrected chi connectivity index (χ4v) is 2.65. The maximum absolute atomic E-state index is 11.3. The van der Waals surface area contributed by atoms with Gasteiger partial charge in [0, 0.05) is 35.0 Å². The fourth-order valence-electron chi connectivity index (χ4n) is 2.65. The van der Waals surface area contributed by atoms with E-state index in [0.717, 1.165) is 0 Å². The summed E-state index contributed by atoms with van der Waals surface area (Å²) in [7, 11) is 1.22. The predicted molar refractivity (Wildman–Crippen MR) is 104 cm³/mol. The number of carboxylic acids is 1. The molecule has 0 aliphatic heterocycles. The molecule has 4 aromatic rings. The van der Waals surface area contributed by atoms with Gasteiger partial charge in [-0.25, -0.2) is 9.59 Å². The van der Waals surface area contributed by atoms with Crippen molar-refractivity contribution in [3.05, 3.63) is 68.0 Å². The van der Waals surface area contributed by atoms with E-state index >= 15 is 0 Å². The number of carboxylic acid groups (broad SMARTS) is 1. The highest BCUT2D eigenvalue weighted by molar-refractivity contribution is 6.02. The number of benzene rings is 2. The third-order valence-corrected chi connectivity index (χ3v) is 4.10. The number of ether oxygens (including phenoxy) is 1. The van der Waals surface area contributed by atoms with E-state index in [4.69, 9.17) is 5.11 Å². The normalized spacial score (nSPS) is 10.4. The average Bonchev–Trinajstić information content (AvgIpc) is 3.36. The molecular formula is C17H12N6O8. The van der Waals surface area contributed by atoms with Crippen molar-refractivity contribution in [1.82, 2.24) is 20.4 Å². The van der Waals surface area contributed by atoms with Crippen molar-refractivity contribution >= 4 is 45.1 Å². The topological polar surface area (TPSA) is 207 Å². The first-order valence-corrected chi connectivity index (χ1v) is 8.29. The molecule has 3 N–H and O–H groups in total. The number of esters is 1. The number of nitrogens with one attached hydrogen (secondary N) is 2. The summed E-state index contributed by atoms with van der Waals surface area (Å²) in [5, 5.41) is 42.8. The lowest BCUT2D eigenvalue weighted by molar-refractivity contribution is -0.384. The smallest absolute Gasteiger partial charge is 0.359 e. The van der Waals surface area contributed by atoms with Crippen LogP contribution in [0.2, 0.25) is 0 Å². The molecule has 0 aliphatic carbocycles. The van der Waals surface area contributed by atoms with Gasteiger partial charge in [0.05, 0.1) is 28.0 Å². The molecule has 0 unspecified atom stereocenters. The molecule has 14 nitrogen and oxygen atoms in total. The second-order valence-corrected chi connectivity index (χ2v) is 5.92. The average molecular weight is 428 g/mol. The van der Waals surface area contributed by atoms with Crippen LogP contribution in [0.15, 0.2) is 36.4 Å². The zero-order valence-corrected chi connectivity index (χ0v) is 15.6. The molecule has 0 saturated heterocycles. The lowest BCUT2D eigenvalue weighted by Gasteiger charge is -1.95. The van der Waals surface area contributed by atoms with E-state index in [1.807, 2.05) is 0 Å². The maximum atomic E-state index is 11.3. The number of nitrogens with zero attached hydrogens (tertiary/aromatic N) is 4. The van der Waals surface area contributed by atoms with Gasteiger partial charge in [0.1, 0.15) is 0 Å². The van der Waals surface area contributed by atoms with E-state index in [9.17, 15) is 29.8 Å². The number of carbonyl (C=O) groups excluding carboxylic acids is 1. The molecule has 0 spiro atoms. The number of H-pyrrole nitrogens is 2. The number of carbonyl (C=O) groups is 2. The van der Waals surface area contributed by atoms with Crippen LogP contribution in [-0.2, 0) is 4.74 Å². The largest absolute Gasteiger partial charge is 0.476 e. The van der Waals surface area contributed by atoms with Gasteiger partial charge < -0.3 is 9.84 Å². The molecule has 2 aromatic heterocycles. The Morgan fingerprint density at radius 2 is 1.35 bits per heavy atom. The zero-order chi connectivity index (χ0) is 22.7. The number of hydrogen-bond donors (Lipinski definition) is 3. The summed E-state index contributed by atoms with van der Waals surface area (Å²) in [5.41, 5.74) is 0.573. The summed E-state index contributed by atoms with van der Waals surface area (Å²) in [6.45, 7) is 0. The molecule has 0 bridgehead atoms. The van der Waals surface area contributed by atoms with E-state index in [-0.39, 0.29) is 28.1 Å². The first-order valence-electron chi connectivity index (χ1n) is 8.29. The Bertz CT molecular complexity index is 1340. The van der Waals surface area contributed by atoms with Crippen LogP contribution in [0.5, 0.6) is 0 Å². The van der Waals surface area contributed by atoms with Crippen molar-refractivity contribution < 1.29 is 29.3 Å². The van der Waals surface area contributed by atoms with Crippen molar-refractivity contribution in [2.24, 2.45) is 0 Å². The number of aromatic carboxylic acids is 1. The van der Waals surface area contributed by atoms with Gasteiger partial charge in [-0.15, -0.1) is 0 Å². The van der Waals surface area contributed by atoms with Crippen LogP contribution < -0.4 is 0 Å². The van der Waals surface area contributed by atoms with Crippen molar-refractivity contribution in [2.75, 3.05) is 7.11 Å². The zero-order valence-electron chi connectivity index (χ0n) is 15.6. The summed E-state index contributed by atoms with van der Waals surface area (Å²) >= 11 is 0. The Balaban J connectivity index is 0.000000176. The molecule has 31 heavy (non-hydrogen) atoms. The van der Waals surface area contributed by atoms with Gasteiger partial charge in [0.2, 0.25) is 0 Å². The van der Waals surface area contributed by atoms with Gasteiger partial charge in [-0.05, 0) is 12.1 Å². The second-order valence-electron chi connectivity index (χ2n) is 5.92. The number of rotatable bonds is 4. The van der Waals surface area contributed by atoms with E-state index in [0.29, 0.717) is 16.4 Å². The molecule has 0 aliphatic rings. The van der Waals surface area contributed by atoms with E-state index in [2.05, 4.69) is 25.1 Å². The molecule has 2 aromatic carbocycles. The quantitative estimate of drug-likeness (QED) is 0.245. The van der Waals surface area contributed by atoms with Gasteiger partial charge in [-0.3, -0.25) is 30.4 Å². The molecule has 0 saturated carbocycles. The summed E-state index contributed by atoms with van der Waals surface area (Å²) in [6.07, 6.45) is 0. The summed E-state index contributed by atoms with van der Waals surface area (Å²) in [6, 6.07) is 8.00. The number of aromatic nitrogens is 4. The van der Waals surface area contributed by atoms with Crippen LogP contribution in [0.4, 0.5) is 11.4 Å². The highest BCUT2D eigenvalue weighted by Gasteiger charge is 2.17.